The fraction of sp³-hybridized carbons (Fsp3) is 0.800. The molecule has 0 saturated heterocycles. The zero-order valence-corrected chi connectivity index (χ0v) is 12.2. The van der Waals surface area contributed by atoms with Crippen molar-refractivity contribution < 1.29 is 0 Å². The van der Waals surface area contributed by atoms with Gasteiger partial charge in [0.1, 0.15) is 0 Å². The van der Waals surface area contributed by atoms with Crippen molar-refractivity contribution in [3.8, 4) is 0 Å². The highest BCUT2D eigenvalue weighted by Crippen LogP contribution is 2.30. The second kappa shape index (κ2) is 6.83. The Hall–Kier alpha value is -0.790. The lowest BCUT2D eigenvalue weighted by atomic mass is 9.95. The lowest BCUT2D eigenvalue weighted by molar-refractivity contribution is 0.324. The van der Waals surface area contributed by atoms with Crippen molar-refractivity contribution in [2.75, 3.05) is 0 Å². The number of hydrogen-bond acceptors (Lipinski definition) is 1. The summed E-state index contributed by atoms with van der Waals surface area (Å²) < 4.78 is 2.27. The molecule has 0 aromatic carbocycles. The van der Waals surface area contributed by atoms with Gasteiger partial charge in [-0.25, -0.2) is 0 Å². The molecule has 1 aliphatic carbocycles. The Kier molecular flexibility index (Phi) is 5.73. The average molecular weight is 236 g/mol. The monoisotopic (exact) mass is 236 g/mol. The van der Waals surface area contributed by atoms with Crippen molar-refractivity contribution in [1.82, 2.24) is 9.78 Å². The minimum atomic E-state index is 0.599. The molecule has 0 bridgehead atoms. The van der Waals surface area contributed by atoms with E-state index in [0.29, 0.717) is 12.0 Å². The number of aromatic nitrogens is 2. The molecule has 1 aromatic rings. The van der Waals surface area contributed by atoms with Gasteiger partial charge < -0.3 is 0 Å². The van der Waals surface area contributed by atoms with Crippen LogP contribution in [0.15, 0.2) is 6.20 Å². The molecule has 1 aliphatic rings. The molecule has 0 aliphatic heterocycles. The molecule has 0 radical (unpaired) electrons. The van der Waals surface area contributed by atoms with Crippen LogP contribution >= 0.6 is 0 Å². The summed E-state index contributed by atoms with van der Waals surface area (Å²) in [6.07, 6.45) is 8.87. The highest BCUT2D eigenvalue weighted by atomic mass is 15.3. The second-order valence-corrected chi connectivity index (χ2v) is 5.08. The molecule has 2 heteroatoms. The summed E-state index contributed by atoms with van der Waals surface area (Å²) in [5, 5.41) is 4.58. The summed E-state index contributed by atoms with van der Waals surface area (Å²) in [6, 6.07) is 0.672. The van der Waals surface area contributed by atoms with E-state index in [4.69, 9.17) is 0 Å². The molecular formula is C15H28N2. The van der Waals surface area contributed by atoms with Crippen molar-refractivity contribution in [2.45, 2.75) is 78.7 Å². The number of nitrogens with zero attached hydrogens (tertiary/aromatic N) is 2. The van der Waals surface area contributed by atoms with Gasteiger partial charge in [0.25, 0.3) is 0 Å². The first-order valence-electron chi connectivity index (χ1n) is 7.24. The van der Waals surface area contributed by atoms with Crippen LogP contribution in [0.3, 0.4) is 0 Å². The molecule has 0 N–H and O–H groups in total. The van der Waals surface area contributed by atoms with Crippen molar-refractivity contribution >= 4 is 0 Å². The Morgan fingerprint density at radius 2 is 1.76 bits per heavy atom. The Morgan fingerprint density at radius 1 is 1.18 bits per heavy atom. The van der Waals surface area contributed by atoms with Gasteiger partial charge in [-0.3, -0.25) is 4.68 Å². The van der Waals surface area contributed by atoms with Gasteiger partial charge in [0.15, 0.2) is 0 Å². The molecular weight excluding hydrogens is 208 g/mol. The van der Waals surface area contributed by atoms with Crippen LogP contribution in [0.2, 0.25) is 0 Å². The van der Waals surface area contributed by atoms with Gasteiger partial charge in [-0.2, -0.15) is 5.10 Å². The Labute approximate surface area is 106 Å². The van der Waals surface area contributed by atoms with Gasteiger partial charge in [-0.05, 0) is 31.2 Å². The number of rotatable bonds is 2. The molecule has 1 saturated carbocycles. The second-order valence-electron chi connectivity index (χ2n) is 5.08. The van der Waals surface area contributed by atoms with Crippen LogP contribution in [0.1, 0.15) is 83.0 Å². The molecule has 1 fully saturated rings. The molecule has 0 spiro atoms. The van der Waals surface area contributed by atoms with Gasteiger partial charge >= 0.3 is 0 Å². The minimum absolute atomic E-state index is 0.599. The molecule has 2 rings (SSSR count). The molecule has 17 heavy (non-hydrogen) atoms. The van der Waals surface area contributed by atoms with Crippen molar-refractivity contribution in [1.29, 1.82) is 0 Å². The third-order valence-corrected chi connectivity index (χ3v) is 3.63. The molecule has 0 atom stereocenters. The van der Waals surface area contributed by atoms with E-state index in [0.717, 1.165) is 0 Å². The smallest absolute Gasteiger partial charge is 0.0527 e. The topological polar surface area (TPSA) is 17.8 Å². The Balaban J connectivity index is 0.000000686. The van der Waals surface area contributed by atoms with Gasteiger partial charge in [0.05, 0.1) is 12.2 Å². The van der Waals surface area contributed by atoms with E-state index in [1.54, 1.807) is 0 Å². The number of hydrogen-bond donors (Lipinski definition) is 0. The van der Waals surface area contributed by atoms with E-state index in [1.165, 1.54) is 43.4 Å². The predicted molar refractivity (Wildman–Crippen MR) is 74.5 cm³/mol. The standard InChI is InChI=1S/C13H22N2.C2H6/c1-10(2)13-9-14-15(11(13)3)12-7-5-4-6-8-12;1-2/h9-10,12H,4-8H2,1-3H3;1-2H3. The van der Waals surface area contributed by atoms with Crippen LogP contribution in [0.25, 0.3) is 0 Å². The summed E-state index contributed by atoms with van der Waals surface area (Å²) in [5.41, 5.74) is 2.80. The summed E-state index contributed by atoms with van der Waals surface area (Å²) in [4.78, 5) is 0. The van der Waals surface area contributed by atoms with Gasteiger partial charge in [0.2, 0.25) is 0 Å². The zero-order chi connectivity index (χ0) is 12.8. The first kappa shape index (κ1) is 14.3. The van der Waals surface area contributed by atoms with Crippen LogP contribution < -0.4 is 0 Å². The van der Waals surface area contributed by atoms with Crippen molar-refractivity contribution in [3.63, 3.8) is 0 Å². The Bertz CT molecular complexity index is 320. The van der Waals surface area contributed by atoms with Crippen LogP contribution in [-0.2, 0) is 0 Å². The molecule has 2 nitrogen and oxygen atoms in total. The quantitative estimate of drug-likeness (QED) is 0.718. The molecule has 0 amide bonds. The lowest BCUT2D eigenvalue weighted by Crippen LogP contribution is -2.15. The highest BCUT2D eigenvalue weighted by Gasteiger charge is 2.19. The summed E-state index contributed by atoms with van der Waals surface area (Å²) in [5.74, 6) is 0.599. The lowest BCUT2D eigenvalue weighted by Gasteiger charge is -2.23. The first-order chi connectivity index (χ1) is 8.20. The third kappa shape index (κ3) is 3.34. The maximum Gasteiger partial charge on any atom is 0.0527 e. The van der Waals surface area contributed by atoms with E-state index in [9.17, 15) is 0 Å². The predicted octanol–water partition coefficient (Wildman–Crippen LogP) is 4.85. The summed E-state index contributed by atoms with van der Waals surface area (Å²) in [6.45, 7) is 10.7. The van der Waals surface area contributed by atoms with Crippen LogP contribution in [0.5, 0.6) is 0 Å². The van der Waals surface area contributed by atoms with E-state index < -0.39 is 0 Å². The summed E-state index contributed by atoms with van der Waals surface area (Å²) in [7, 11) is 0. The molecule has 98 valence electrons. The van der Waals surface area contributed by atoms with E-state index >= 15 is 0 Å². The van der Waals surface area contributed by atoms with Crippen LogP contribution in [0.4, 0.5) is 0 Å². The third-order valence-electron chi connectivity index (χ3n) is 3.63. The largest absolute Gasteiger partial charge is 0.267 e. The van der Waals surface area contributed by atoms with E-state index in [-0.39, 0.29) is 0 Å². The van der Waals surface area contributed by atoms with Crippen LogP contribution in [0, 0.1) is 6.92 Å². The maximum atomic E-state index is 4.58. The van der Waals surface area contributed by atoms with Crippen LogP contribution in [-0.4, -0.2) is 9.78 Å². The summed E-state index contributed by atoms with van der Waals surface area (Å²) >= 11 is 0. The zero-order valence-electron chi connectivity index (χ0n) is 12.2. The Morgan fingerprint density at radius 3 is 2.24 bits per heavy atom. The van der Waals surface area contributed by atoms with Gasteiger partial charge in [-0.1, -0.05) is 47.0 Å². The fourth-order valence-corrected chi connectivity index (χ4v) is 2.70. The normalized spacial score (nSPS) is 16.8. The highest BCUT2D eigenvalue weighted by molar-refractivity contribution is 5.20. The average Bonchev–Trinajstić information content (AvgIpc) is 2.75. The van der Waals surface area contributed by atoms with Gasteiger partial charge in [0, 0.05) is 5.69 Å². The minimum Gasteiger partial charge on any atom is -0.267 e. The molecule has 1 aromatic heterocycles. The molecule has 1 heterocycles. The SMILES string of the molecule is CC.Cc1c(C(C)C)cnn1C1CCCCC1. The van der Waals surface area contributed by atoms with Gasteiger partial charge in [-0.15, -0.1) is 0 Å². The van der Waals surface area contributed by atoms with E-state index in [1.807, 2.05) is 13.8 Å². The van der Waals surface area contributed by atoms with Crippen molar-refractivity contribution in [2.24, 2.45) is 0 Å². The maximum absolute atomic E-state index is 4.58. The van der Waals surface area contributed by atoms with Crippen molar-refractivity contribution in [3.05, 3.63) is 17.5 Å². The first-order valence-corrected chi connectivity index (χ1v) is 7.24. The fourth-order valence-electron chi connectivity index (χ4n) is 2.70. The van der Waals surface area contributed by atoms with E-state index in [2.05, 4.69) is 36.7 Å². The molecule has 0 unspecified atom stereocenters.